The van der Waals surface area contributed by atoms with E-state index in [2.05, 4.69) is 34.4 Å². The van der Waals surface area contributed by atoms with Gasteiger partial charge in [-0.2, -0.15) is 10.1 Å². The number of aromatic nitrogens is 4. The highest BCUT2D eigenvalue weighted by Crippen LogP contribution is 2.27. The Balaban J connectivity index is 1.64. The van der Waals surface area contributed by atoms with Crippen LogP contribution in [0.4, 0.5) is 0 Å². The monoisotopic (exact) mass is 327 g/mol. The molecule has 0 aliphatic heterocycles. The number of nitrogens with one attached hydrogen (secondary N) is 1. The van der Waals surface area contributed by atoms with E-state index in [1.807, 2.05) is 41.2 Å². The van der Waals surface area contributed by atoms with Crippen molar-refractivity contribution in [2.45, 2.75) is 32.5 Å². The number of methoxy groups -OCH3 is 1. The molecule has 0 spiro atoms. The Morgan fingerprint density at radius 2 is 2.08 bits per heavy atom. The lowest BCUT2D eigenvalue weighted by atomic mass is 10.2. The van der Waals surface area contributed by atoms with Gasteiger partial charge in [0.25, 0.3) is 0 Å². The van der Waals surface area contributed by atoms with E-state index in [-0.39, 0.29) is 12.1 Å². The molecule has 3 rings (SSSR count). The Morgan fingerprint density at radius 1 is 1.25 bits per heavy atom. The Labute approximate surface area is 140 Å². The van der Waals surface area contributed by atoms with E-state index in [9.17, 15) is 0 Å². The molecule has 3 aromatic rings. The highest BCUT2D eigenvalue weighted by molar-refractivity contribution is 5.63. The number of nitrogens with zero attached hydrogens (tertiary/aromatic N) is 4. The van der Waals surface area contributed by atoms with Crippen LogP contribution in [0.2, 0.25) is 0 Å². The number of ether oxygens (including phenoxy) is 1. The van der Waals surface area contributed by atoms with Gasteiger partial charge in [-0.15, -0.1) is 0 Å². The van der Waals surface area contributed by atoms with Crippen LogP contribution in [-0.4, -0.2) is 33.1 Å². The summed E-state index contributed by atoms with van der Waals surface area (Å²) in [5.74, 6) is 1.78. The standard InChI is InChI=1S/C17H21N5O2/c1-12(13(2)22-10-6-9-19-22)18-11-16-20-17(21-24-16)14-7-4-5-8-15(14)23-3/h4-10,12-13,18H,11H2,1-3H3/t12-,13-/m0/s1. The summed E-state index contributed by atoms with van der Waals surface area (Å²) >= 11 is 0. The van der Waals surface area contributed by atoms with E-state index >= 15 is 0 Å². The summed E-state index contributed by atoms with van der Waals surface area (Å²) < 4.78 is 12.6. The Morgan fingerprint density at radius 3 is 2.83 bits per heavy atom. The molecule has 2 heterocycles. The van der Waals surface area contributed by atoms with Crippen molar-refractivity contribution in [2.75, 3.05) is 7.11 Å². The van der Waals surface area contributed by atoms with Crippen LogP contribution < -0.4 is 10.1 Å². The van der Waals surface area contributed by atoms with Crippen molar-refractivity contribution >= 4 is 0 Å². The maximum absolute atomic E-state index is 5.34. The first kappa shape index (κ1) is 16.2. The molecule has 0 unspecified atom stereocenters. The van der Waals surface area contributed by atoms with E-state index in [1.54, 1.807) is 13.3 Å². The molecule has 0 saturated carbocycles. The smallest absolute Gasteiger partial charge is 0.240 e. The molecule has 0 fully saturated rings. The number of benzene rings is 1. The number of hydrogen-bond acceptors (Lipinski definition) is 6. The van der Waals surface area contributed by atoms with E-state index in [0.717, 1.165) is 11.3 Å². The molecule has 0 amide bonds. The van der Waals surface area contributed by atoms with Crippen LogP contribution in [0.25, 0.3) is 11.4 Å². The van der Waals surface area contributed by atoms with Crippen molar-refractivity contribution in [1.29, 1.82) is 0 Å². The largest absolute Gasteiger partial charge is 0.496 e. The molecule has 0 radical (unpaired) electrons. The molecule has 0 aliphatic rings. The van der Waals surface area contributed by atoms with Crippen LogP contribution in [0, 0.1) is 0 Å². The van der Waals surface area contributed by atoms with Gasteiger partial charge in [-0.3, -0.25) is 4.68 Å². The molecule has 7 heteroatoms. The highest BCUT2D eigenvalue weighted by atomic mass is 16.5. The van der Waals surface area contributed by atoms with Crippen molar-refractivity contribution in [3.63, 3.8) is 0 Å². The Bertz CT molecular complexity index is 769. The van der Waals surface area contributed by atoms with Gasteiger partial charge in [0.15, 0.2) is 0 Å². The molecular formula is C17H21N5O2. The number of hydrogen-bond donors (Lipinski definition) is 1. The Hall–Kier alpha value is -2.67. The number of rotatable bonds is 7. The topological polar surface area (TPSA) is 78.0 Å². The Kier molecular flexibility index (Phi) is 4.90. The summed E-state index contributed by atoms with van der Waals surface area (Å²) in [6.45, 7) is 4.71. The minimum absolute atomic E-state index is 0.200. The van der Waals surface area contributed by atoms with Crippen LogP contribution >= 0.6 is 0 Å². The van der Waals surface area contributed by atoms with Crippen molar-refractivity contribution in [1.82, 2.24) is 25.2 Å². The average Bonchev–Trinajstić information content (AvgIpc) is 3.30. The fourth-order valence-electron chi connectivity index (χ4n) is 2.43. The van der Waals surface area contributed by atoms with Crippen LogP contribution in [0.3, 0.4) is 0 Å². The summed E-state index contributed by atoms with van der Waals surface area (Å²) in [4.78, 5) is 4.44. The molecule has 1 aromatic carbocycles. The predicted octanol–water partition coefficient (Wildman–Crippen LogP) is 2.68. The van der Waals surface area contributed by atoms with E-state index in [1.165, 1.54) is 0 Å². The third-order valence-electron chi connectivity index (χ3n) is 4.06. The second-order valence-corrected chi connectivity index (χ2v) is 5.61. The van der Waals surface area contributed by atoms with Crippen LogP contribution in [0.5, 0.6) is 5.75 Å². The van der Waals surface area contributed by atoms with Gasteiger partial charge in [-0.25, -0.2) is 0 Å². The number of para-hydroxylation sites is 1. The van der Waals surface area contributed by atoms with Gasteiger partial charge in [-0.1, -0.05) is 17.3 Å². The lowest BCUT2D eigenvalue weighted by Crippen LogP contribution is -2.33. The van der Waals surface area contributed by atoms with E-state index < -0.39 is 0 Å². The average molecular weight is 327 g/mol. The van der Waals surface area contributed by atoms with Crippen molar-refractivity contribution in [3.8, 4) is 17.1 Å². The molecule has 0 saturated heterocycles. The first-order valence-electron chi connectivity index (χ1n) is 7.87. The molecule has 126 valence electrons. The molecule has 0 bridgehead atoms. The van der Waals surface area contributed by atoms with Crippen molar-refractivity contribution in [3.05, 3.63) is 48.6 Å². The van der Waals surface area contributed by atoms with Crippen LogP contribution in [-0.2, 0) is 6.54 Å². The molecule has 7 nitrogen and oxygen atoms in total. The molecule has 24 heavy (non-hydrogen) atoms. The second-order valence-electron chi connectivity index (χ2n) is 5.61. The van der Waals surface area contributed by atoms with Gasteiger partial charge in [0.2, 0.25) is 11.7 Å². The predicted molar refractivity (Wildman–Crippen MR) is 89.5 cm³/mol. The fraction of sp³-hybridized carbons (Fsp3) is 0.353. The van der Waals surface area contributed by atoms with E-state index in [4.69, 9.17) is 9.26 Å². The van der Waals surface area contributed by atoms with Gasteiger partial charge in [0.05, 0.1) is 25.3 Å². The van der Waals surface area contributed by atoms with Crippen molar-refractivity contribution < 1.29 is 9.26 Å². The molecule has 2 atom stereocenters. The minimum Gasteiger partial charge on any atom is -0.496 e. The third kappa shape index (κ3) is 3.46. The zero-order valence-corrected chi connectivity index (χ0v) is 14.0. The van der Waals surface area contributed by atoms with Crippen molar-refractivity contribution in [2.24, 2.45) is 0 Å². The summed E-state index contributed by atoms with van der Waals surface area (Å²) in [6, 6.07) is 9.94. The maximum Gasteiger partial charge on any atom is 0.240 e. The zero-order valence-electron chi connectivity index (χ0n) is 14.0. The van der Waals surface area contributed by atoms with Crippen LogP contribution in [0.15, 0.2) is 47.2 Å². The quantitative estimate of drug-likeness (QED) is 0.719. The SMILES string of the molecule is COc1ccccc1-c1noc(CN[C@@H](C)[C@H](C)n2cccn2)n1. The van der Waals surface area contributed by atoms with E-state index in [0.29, 0.717) is 18.3 Å². The van der Waals surface area contributed by atoms with Crippen LogP contribution in [0.1, 0.15) is 25.8 Å². The van der Waals surface area contributed by atoms with Gasteiger partial charge in [0, 0.05) is 18.4 Å². The fourth-order valence-corrected chi connectivity index (χ4v) is 2.43. The summed E-state index contributed by atoms with van der Waals surface area (Å²) in [6.07, 6.45) is 3.73. The molecule has 0 aliphatic carbocycles. The molecular weight excluding hydrogens is 306 g/mol. The summed E-state index contributed by atoms with van der Waals surface area (Å²) in [5.41, 5.74) is 0.813. The lowest BCUT2D eigenvalue weighted by Gasteiger charge is -2.20. The summed E-state index contributed by atoms with van der Waals surface area (Å²) in [7, 11) is 1.62. The minimum atomic E-state index is 0.200. The normalized spacial score (nSPS) is 13.6. The summed E-state index contributed by atoms with van der Waals surface area (Å²) in [5, 5.41) is 11.7. The van der Waals surface area contributed by atoms with Gasteiger partial charge in [0.1, 0.15) is 5.75 Å². The van der Waals surface area contributed by atoms with Gasteiger partial charge >= 0.3 is 0 Å². The molecule has 1 N–H and O–H groups in total. The first-order valence-corrected chi connectivity index (χ1v) is 7.87. The highest BCUT2D eigenvalue weighted by Gasteiger charge is 2.16. The first-order chi connectivity index (χ1) is 11.7. The molecule has 2 aromatic heterocycles. The second kappa shape index (κ2) is 7.27. The zero-order chi connectivity index (χ0) is 16.9. The van der Waals surface area contributed by atoms with Gasteiger partial charge in [-0.05, 0) is 32.0 Å². The third-order valence-corrected chi connectivity index (χ3v) is 4.06. The lowest BCUT2D eigenvalue weighted by molar-refractivity contribution is 0.325. The van der Waals surface area contributed by atoms with Gasteiger partial charge < -0.3 is 14.6 Å². The maximum atomic E-state index is 5.34.